The summed E-state index contributed by atoms with van der Waals surface area (Å²) in [5.74, 6) is -5.51. The summed E-state index contributed by atoms with van der Waals surface area (Å²) in [6.07, 6.45) is -8.95. The molecule has 3 aliphatic rings. The van der Waals surface area contributed by atoms with Gasteiger partial charge in [0.2, 0.25) is 0 Å². The Bertz CT molecular complexity index is 1280. The second-order valence-corrected chi connectivity index (χ2v) is 13.4. The molecule has 3 rings (SSSR count). The molecule has 0 aromatic heterocycles. The van der Waals surface area contributed by atoms with E-state index in [1.807, 2.05) is 13.8 Å². The number of ether oxygens (including phenoxy) is 6. The molecular weight excluding hydrogens is 592 g/mol. The predicted octanol–water partition coefficient (Wildman–Crippen LogP) is 2.73. The fourth-order valence-corrected chi connectivity index (χ4v) is 8.05. The Morgan fingerprint density at radius 2 is 1.18 bits per heavy atom. The number of carbonyl (C=O) groups excluding carboxylic acids is 6. The maximum Gasteiger partial charge on any atom is 0.303 e. The van der Waals surface area contributed by atoms with E-state index in [-0.39, 0.29) is 12.8 Å². The van der Waals surface area contributed by atoms with Crippen molar-refractivity contribution in [2.75, 3.05) is 0 Å². The molecule has 13 nitrogen and oxygen atoms in total. The van der Waals surface area contributed by atoms with Crippen LogP contribution in [-0.4, -0.2) is 83.7 Å². The van der Waals surface area contributed by atoms with Crippen molar-refractivity contribution in [3.05, 3.63) is 11.1 Å². The molecule has 13 heteroatoms. The Labute approximate surface area is 263 Å². The first-order valence-electron chi connectivity index (χ1n) is 15.0. The first-order valence-corrected chi connectivity index (χ1v) is 15.0. The summed E-state index contributed by atoms with van der Waals surface area (Å²) in [6.45, 7) is 15.9. The van der Waals surface area contributed by atoms with E-state index in [2.05, 4.69) is 0 Å². The Hall–Kier alpha value is -3.48. The van der Waals surface area contributed by atoms with Gasteiger partial charge in [-0.1, -0.05) is 27.7 Å². The maximum atomic E-state index is 12.9. The predicted molar refractivity (Wildman–Crippen MR) is 155 cm³/mol. The van der Waals surface area contributed by atoms with E-state index in [1.165, 1.54) is 27.7 Å². The van der Waals surface area contributed by atoms with Gasteiger partial charge in [-0.25, -0.2) is 0 Å². The average molecular weight is 639 g/mol. The van der Waals surface area contributed by atoms with Crippen LogP contribution in [0.5, 0.6) is 0 Å². The van der Waals surface area contributed by atoms with Crippen LogP contribution in [0.1, 0.15) is 89.0 Å². The molecule has 2 saturated carbocycles. The first-order chi connectivity index (χ1) is 20.6. The van der Waals surface area contributed by atoms with Gasteiger partial charge in [0.25, 0.3) is 0 Å². The minimum atomic E-state index is -1.62. The van der Waals surface area contributed by atoms with Gasteiger partial charge in [-0.15, -0.1) is 0 Å². The fraction of sp³-hybridized carbons (Fsp3) is 0.750. The van der Waals surface area contributed by atoms with E-state index in [0.717, 1.165) is 13.8 Å². The van der Waals surface area contributed by atoms with Gasteiger partial charge in [-0.3, -0.25) is 28.8 Å². The highest BCUT2D eigenvalue weighted by atomic mass is 16.6. The van der Waals surface area contributed by atoms with Gasteiger partial charge in [0, 0.05) is 59.3 Å². The minimum absolute atomic E-state index is 0.0942. The van der Waals surface area contributed by atoms with Crippen LogP contribution in [0.25, 0.3) is 0 Å². The zero-order chi connectivity index (χ0) is 34.4. The molecule has 1 N–H and O–H groups in total. The lowest BCUT2D eigenvalue weighted by Gasteiger charge is -2.65. The monoisotopic (exact) mass is 638 g/mol. The van der Waals surface area contributed by atoms with E-state index in [1.54, 1.807) is 20.8 Å². The number of esters is 6. The highest BCUT2D eigenvalue weighted by molar-refractivity contribution is 5.70. The van der Waals surface area contributed by atoms with E-state index >= 15 is 0 Å². The van der Waals surface area contributed by atoms with Gasteiger partial charge >= 0.3 is 35.8 Å². The van der Waals surface area contributed by atoms with E-state index in [0.29, 0.717) is 11.1 Å². The van der Waals surface area contributed by atoms with Gasteiger partial charge in [0.05, 0.1) is 11.5 Å². The molecule has 10 atom stereocenters. The van der Waals surface area contributed by atoms with Gasteiger partial charge in [-0.2, -0.15) is 0 Å². The quantitative estimate of drug-likeness (QED) is 0.255. The van der Waals surface area contributed by atoms with Crippen molar-refractivity contribution in [3.63, 3.8) is 0 Å². The lowest BCUT2D eigenvalue weighted by Crippen LogP contribution is -2.73. The molecule has 0 spiro atoms. The van der Waals surface area contributed by atoms with Crippen molar-refractivity contribution in [1.29, 1.82) is 0 Å². The summed E-state index contributed by atoms with van der Waals surface area (Å²) < 4.78 is 35.1. The Morgan fingerprint density at radius 1 is 0.689 bits per heavy atom. The van der Waals surface area contributed by atoms with E-state index in [9.17, 15) is 33.9 Å². The fourth-order valence-electron chi connectivity index (χ4n) is 8.05. The summed E-state index contributed by atoms with van der Waals surface area (Å²) in [7, 11) is 0. The zero-order valence-electron chi connectivity index (χ0n) is 27.9. The molecule has 252 valence electrons. The smallest absolute Gasteiger partial charge is 0.303 e. The first kappa shape index (κ1) is 36.0. The number of aliphatic hydroxyl groups excluding tert-OH is 1. The second-order valence-electron chi connectivity index (χ2n) is 13.4. The SMILES string of the molecule is CC(=O)O[C@H]1[C@@H]2[C@H](O)[C@]3(C)C[C@H](OC(C)=O)C(C)=C([C@@H](OC(C)=O)[C@H](OC(C)=O)[C@]2(C)[C@@H](OC(C)=O)C[C@@H]1OC(C)=O)C3(C)C. The van der Waals surface area contributed by atoms with Crippen LogP contribution in [0.15, 0.2) is 11.1 Å². The maximum absolute atomic E-state index is 12.9. The Balaban J connectivity index is 2.57. The van der Waals surface area contributed by atoms with Gasteiger partial charge in [0.15, 0.2) is 12.2 Å². The number of hydrogen-bond acceptors (Lipinski definition) is 13. The van der Waals surface area contributed by atoms with Crippen LogP contribution >= 0.6 is 0 Å². The van der Waals surface area contributed by atoms with Crippen LogP contribution in [0.3, 0.4) is 0 Å². The van der Waals surface area contributed by atoms with Crippen molar-refractivity contribution in [1.82, 2.24) is 0 Å². The van der Waals surface area contributed by atoms with Crippen molar-refractivity contribution in [3.8, 4) is 0 Å². The largest absolute Gasteiger partial charge is 0.462 e. The van der Waals surface area contributed by atoms with Gasteiger partial charge < -0.3 is 33.5 Å². The molecule has 0 aromatic rings. The lowest BCUT2D eigenvalue weighted by atomic mass is 9.44. The van der Waals surface area contributed by atoms with E-state index in [4.69, 9.17) is 28.4 Å². The van der Waals surface area contributed by atoms with Gasteiger partial charge in [0.1, 0.15) is 24.4 Å². The van der Waals surface area contributed by atoms with Gasteiger partial charge in [-0.05, 0) is 29.9 Å². The molecule has 0 saturated heterocycles. The Kier molecular flexibility index (Phi) is 10.2. The number of hydrogen-bond donors (Lipinski definition) is 1. The Morgan fingerprint density at radius 3 is 1.64 bits per heavy atom. The summed E-state index contributed by atoms with van der Waals surface area (Å²) in [6, 6.07) is 0. The molecule has 3 aliphatic carbocycles. The third-order valence-corrected chi connectivity index (χ3v) is 10.2. The molecule has 2 bridgehead atoms. The third kappa shape index (κ3) is 6.45. The van der Waals surface area contributed by atoms with Crippen LogP contribution in [0.2, 0.25) is 0 Å². The zero-order valence-corrected chi connectivity index (χ0v) is 27.9. The molecule has 0 aliphatic heterocycles. The topological polar surface area (TPSA) is 178 Å². The number of carbonyl (C=O) groups is 6. The molecule has 0 amide bonds. The van der Waals surface area contributed by atoms with Crippen molar-refractivity contribution in [2.45, 2.75) is 132 Å². The summed E-state index contributed by atoms with van der Waals surface area (Å²) >= 11 is 0. The second kappa shape index (κ2) is 12.7. The summed E-state index contributed by atoms with van der Waals surface area (Å²) in [4.78, 5) is 75.4. The van der Waals surface area contributed by atoms with Crippen molar-refractivity contribution in [2.24, 2.45) is 22.2 Å². The van der Waals surface area contributed by atoms with Crippen LogP contribution in [0.4, 0.5) is 0 Å². The van der Waals surface area contributed by atoms with Crippen LogP contribution in [0, 0.1) is 22.2 Å². The standard InChI is InChI=1S/C32H46O13/c1-14-22(41-16(3)34)13-31(10)28(39)25-26(43-18(5)36)21(40-15(2)33)12-23(42-17(4)35)32(25,11)29(45-20(7)38)27(44-19(6)37)24(14)30(31,8)9/h21-23,25-29,39H,12-13H2,1-11H3/t21-,22-,23-,25+,26+,27+,28-,29-,31-,32+/m0/s1. The summed E-state index contributed by atoms with van der Waals surface area (Å²) in [5, 5.41) is 12.7. The molecule has 2 fully saturated rings. The van der Waals surface area contributed by atoms with Crippen LogP contribution in [-0.2, 0) is 57.2 Å². The minimum Gasteiger partial charge on any atom is -0.462 e. The average Bonchev–Trinajstić information content (AvgIpc) is 2.86. The number of rotatable bonds is 6. The molecule has 0 unspecified atom stereocenters. The van der Waals surface area contributed by atoms with Crippen LogP contribution < -0.4 is 0 Å². The number of aliphatic hydroxyl groups is 1. The number of fused-ring (bicyclic) bond motifs is 3. The van der Waals surface area contributed by atoms with Crippen molar-refractivity contribution < 1.29 is 62.3 Å². The molecule has 45 heavy (non-hydrogen) atoms. The highest BCUT2D eigenvalue weighted by Gasteiger charge is 2.72. The lowest BCUT2D eigenvalue weighted by molar-refractivity contribution is -0.276. The highest BCUT2D eigenvalue weighted by Crippen LogP contribution is 2.65. The molecule has 0 heterocycles. The third-order valence-electron chi connectivity index (χ3n) is 10.2. The van der Waals surface area contributed by atoms with Crippen molar-refractivity contribution >= 4 is 35.8 Å². The molecule has 0 radical (unpaired) electrons. The molecule has 0 aromatic carbocycles. The summed E-state index contributed by atoms with van der Waals surface area (Å²) in [5.41, 5.74) is -2.88. The molecular formula is C32H46O13. The normalized spacial score (nSPS) is 37.1. The van der Waals surface area contributed by atoms with E-state index < -0.39 is 101 Å².